The Morgan fingerprint density at radius 2 is 1.96 bits per heavy atom. The van der Waals surface area contributed by atoms with Gasteiger partial charge < -0.3 is 14.4 Å². The SMILES string of the molecule is CC[C@@H](O)c1nc2ccccc2n1CCOc1ccc(C)cc1C. The maximum Gasteiger partial charge on any atom is 0.138 e. The number of aliphatic hydroxyl groups is 1. The average molecular weight is 324 g/mol. The van der Waals surface area contributed by atoms with Gasteiger partial charge in [-0.25, -0.2) is 4.98 Å². The predicted octanol–water partition coefficient (Wildman–Crippen LogP) is 4.18. The number of imidazole rings is 1. The van der Waals surface area contributed by atoms with E-state index in [1.54, 1.807) is 0 Å². The number of fused-ring (bicyclic) bond motifs is 1. The van der Waals surface area contributed by atoms with Crippen LogP contribution in [-0.2, 0) is 6.54 Å². The number of aromatic nitrogens is 2. The summed E-state index contributed by atoms with van der Waals surface area (Å²) in [5.41, 5.74) is 4.31. The minimum atomic E-state index is -0.557. The summed E-state index contributed by atoms with van der Waals surface area (Å²) in [7, 11) is 0. The van der Waals surface area contributed by atoms with Crippen molar-refractivity contribution < 1.29 is 9.84 Å². The zero-order valence-corrected chi connectivity index (χ0v) is 14.5. The zero-order valence-electron chi connectivity index (χ0n) is 14.5. The first-order valence-electron chi connectivity index (χ1n) is 8.43. The summed E-state index contributed by atoms with van der Waals surface area (Å²) in [6.45, 7) is 7.28. The normalized spacial score (nSPS) is 12.5. The van der Waals surface area contributed by atoms with Crippen molar-refractivity contribution in [2.45, 2.75) is 39.8 Å². The van der Waals surface area contributed by atoms with E-state index < -0.39 is 6.10 Å². The summed E-state index contributed by atoms with van der Waals surface area (Å²) in [4.78, 5) is 4.60. The molecule has 0 aliphatic rings. The van der Waals surface area contributed by atoms with Crippen LogP contribution in [0.4, 0.5) is 0 Å². The third kappa shape index (κ3) is 3.29. The van der Waals surface area contributed by atoms with Crippen LogP contribution in [0.25, 0.3) is 11.0 Å². The Morgan fingerprint density at radius 3 is 2.71 bits per heavy atom. The van der Waals surface area contributed by atoms with Crippen LogP contribution in [0, 0.1) is 13.8 Å². The van der Waals surface area contributed by atoms with Crippen molar-refractivity contribution in [1.29, 1.82) is 0 Å². The van der Waals surface area contributed by atoms with E-state index in [0.717, 1.165) is 22.3 Å². The summed E-state index contributed by atoms with van der Waals surface area (Å²) in [5, 5.41) is 10.3. The van der Waals surface area contributed by atoms with Crippen LogP contribution >= 0.6 is 0 Å². The van der Waals surface area contributed by atoms with Crippen LogP contribution in [0.5, 0.6) is 5.75 Å². The molecule has 4 heteroatoms. The molecule has 1 N–H and O–H groups in total. The minimum Gasteiger partial charge on any atom is -0.491 e. The molecule has 0 bridgehead atoms. The second-order valence-corrected chi connectivity index (χ2v) is 6.15. The molecule has 0 radical (unpaired) electrons. The lowest BCUT2D eigenvalue weighted by Gasteiger charge is -2.14. The molecule has 0 unspecified atom stereocenters. The van der Waals surface area contributed by atoms with Gasteiger partial charge in [0.15, 0.2) is 0 Å². The Morgan fingerprint density at radius 1 is 1.17 bits per heavy atom. The number of benzene rings is 2. The lowest BCUT2D eigenvalue weighted by atomic mass is 10.1. The van der Waals surface area contributed by atoms with Gasteiger partial charge in [-0.3, -0.25) is 0 Å². The molecule has 3 aromatic rings. The fourth-order valence-electron chi connectivity index (χ4n) is 2.97. The van der Waals surface area contributed by atoms with E-state index in [1.807, 2.05) is 37.3 Å². The van der Waals surface area contributed by atoms with Gasteiger partial charge in [0.25, 0.3) is 0 Å². The molecule has 1 aromatic heterocycles. The molecule has 3 rings (SSSR count). The number of hydrogen-bond acceptors (Lipinski definition) is 3. The molecule has 2 aromatic carbocycles. The molecule has 24 heavy (non-hydrogen) atoms. The number of rotatable bonds is 6. The van der Waals surface area contributed by atoms with Crippen LogP contribution in [0.15, 0.2) is 42.5 Å². The molecule has 0 fully saturated rings. The van der Waals surface area contributed by atoms with Crippen LogP contribution in [0.3, 0.4) is 0 Å². The molecule has 0 spiro atoms. The zero-order chi connectivity index (χ0) is 17.1. The Balaban J connectivity index is 1.81. The van der Waals surface area contributed by atoms with Crippen LogP contribution < -0.4 is 4.74 Å². The number of para-hydroxylation sites is 2. The van der Waals surface area contributed by atoms with Gasteiger partial charge in [-0.2, -0.15) is 0 Å². The van der Waals surface area contributed by atoms with Gasteiger partial charge in [-0.05, 0) is 44.0 Å². The number of nitrogens with zero attached hydrogens (tertiary/aromatic N) is 2. The van der Waals surface area contributed by atoms with Gasteiger partial charge >= 0.3 is 0 Å². The van der Waals surface area contributed by atoms with Crippen molar-refractivity contribution in [2.24, 2.45) is 0 Å². The molecule has 4 nitrogen and oxygen atoms in total. The van der Waals surface area contributed by atoms with Crippen molar-refractivity contribution in [3.8, 4) is 5.75 Å². The third-order valence-electron chi connectivity index (χ3n) is 4.27. The smallest absolute Gasteiger partial charge is 0.138 e. The van der Waals surface area contributed by atoms with Crippen molar-refractivity contribution in [1.82, 2.24) is 9.55 Å². The quantitative estimate of drug-likeness (QED) is 0.740. The summed E-state index contributed by atoms with van der Waals surface area (Å²) in [6.07, 6.45) is 0.0832. The highest BCUT2D eigenvalue weighted by Crippen LogP contribution is 2.23. The molecule has 0 amide bonds. The maximum absolute atomic E-state index is 10.3. The fraction of sp³-hybridized carbons (Fsp3) is 0.350. The highest BCUT2D eigenvalue weighted by atomic mass is 16.5. The molecule has 0 saturated carbocycles. The number of aryl methyl sites for hydroxylation is 2. The van der Waals surface area contributed by atoms with Gasteiger partial charge in [0.2, 0.25) is 0 Å². The average Bonchev–Trinajstić information content (AvgIpc) is 2.95. The number of ether oxygens (including phenoxy) is 1. The van der Waals surface area contributed by atoms with Gasteiger partial charge in [0, 0.05) is 0 Å². The predicted molar refractivity (Wildman–Crippen MR) is 96.4 cm³/mol. The maximum atomic E-state index is 10.3. The van der Waals surface area contributed by atoms with E-state index in [4.69, 9.17) is 4.74 Å². The summed E-state index contributed by atoms with van der Waals surface area (Å²) in [6, 6.07) is 14.2. The monoisotopic (exact) mass is 324 g/mol. The third-order valence-corrected chi connectivity index (χ3v) is 4.27. The van der Waals surface area contributed by atoms with Crippen molar-refractivity contribution in [2.75, 3.05) is 6.61 Å². The molecule has 0 aliphatic heterocycles. The van der Waals surface area contributed by atoms with Crippen molar-refractivity contribution in [3.05, 3.63) is 59.4 Å². The van der Waals surface area contributed by atoms with Crippen LogP contribution in [-0.4, -0.2) is 21.3 Å². The van der Waals surface area contributed by atoms with E-state index in [2.05, 4.69) is 35.5 Å². The standard InChI is InChI=1S/C20H24N2O2/c1-4-18(23)20-21-16-7-5-6-8-17(16)22(20)11-12-24-19-10-9-14(2)13-15(19)3/h5-10,13,18,23H,4,11-12H2,1-3H3/t18-/m1/s1. The summed E-state index contributed by atoms with van der Waals surface area (Å²) >= 11 is 0. The molecule has 126 valence electrons. The Hall–Kier alpha value is -2.33. The lowest BCUT2D eigenvalue weighted by molar-refractivity contribution is 0.157. The van der Waals surface area contributed by atoms with E-state index >= 15 is 0 Å². The fourth-order valence-corrected chi connectivity index (χ4v) is 2.97. The number of aliphatic hydroxyl groups excluding tert-OH is 1. The van der Waals surface area contributed by atoms with E-state index in [1.165, 1.54) is 5.56 Å². The van der Waals surface area contributed by atoms with E-state index in [-0.39, 0.29) is 0 Å². The van der Waals surface area contributed by atoms with Gasteiger partial charge in [-0.15, -0.1) is 0 Å². The first kappa shape index (κ1) is 16.5. The molecule has 1 atom stereocenters. The van der Waals surface area contributed by atoms with Gasteiger partial charge in [0.05, 0.1) is 17.6 Å². The molecule has 0 saturated heterocycles. The topological polar surface area (TPSA) is 47.3 Å². The highest BCUT2D eigenvalue weighted by molar-refractivity contribution is 5.76. The minimum absolute atomic E-state index is 0.535. The first-order valence-corrected chi connectivity index (χ1v) is 8.43. The van der Waals surface area contributed by atoms with Gasteiger partial charge in [-0.1, -0.05) is 36.8 Å². The molecule has 0 aliphatic carbocycles. The van der Waals surface area contributed by atoms with Crippen LogP contribution in [0.1, 0.15) is 36.4 Å². The Kier molecular flexibility index (Phi) is 4.86. The van der Waals surface area contributed by atoms with Gasteiger partial charge in [0.1, 0.15) is 24.3 Å². The van der Waals surface area contributed by atoms with Crippen molar-refractivity contribution >= 4 is 11.0 Å². The van der Waals surface area contributed by atoms with E-state index in [9.17, 15) is 5.11 Å². The largest absolute Gasteiger partial charge is 0.491 e. The van der Waals surface area contributed by atoms with E-state index in [0.29, 0.717) is 25.4 Å². The molecule has 1 heterocycles. The van der Waals surface area contributed by atoms with Crippen LogP contribution in [0.2, 0.25) is 0 Å². The summed E-state index contributed by atoms with van der Waals surface area (Å²) in [5.74, 6) is 1.62. The summed E-state index contributed by atoms with van der Waals surface area (Å²) < 4.78 is 8.01. The number of hydrogen-bond donors (Lipinski definition) is 1. The Bertz CT molecular complexity index is 839. The lowest BCUT2D eigenvalue weighted by Crippen LogP contribution is -2.14. The first-order chi connectivity index (χ1) is 11.6. The second-order valence-electron chi connectivity index (χ2n) is 6.15. The second kappa shape index (κ2) is 7.05. The Labute approximate surface area is 142 Å². The van der Waals surface area contributed by atoms with Crippen molar-refractivity contribution in [3.63, 3.8) is 0 Å². The molecular formula is C20H24N2O2. The highest BCUT2D eigenvalue weighted by Gasteiger charge is 2.16. The molecular weight excluding hydrogens is 300 g/mol.